The van der Waals surface area contributed by atoms with Crippen LogP contribution in [0.1, 0.15) is 36.4 Å². The molecule has 0 fully saturated rings. The Morgan fingerprint density at radius 2 is 2.04 bits per heavy atom. The van der Waals surface area contributed by atoms with E-state index >= 15 is 0 Å². The van der Waals surface area contributed by atoms with Gasteiger partial charge in [-0.15, -0.1) is 0 Å². The van der Waals surface area contributed by atoms with Gasteiger partial charge in [-0.3, -0.25) is 0 Å². The van der Waals surface area contributed by atoms with E-state index in [1.807, 2.05) is 58.9 Å². The number of aromatic nitrogens is 1. The van der Waals surface area contributed by atoms with Crippen molar-refractivity contribution in [2.75, 3.05) is 6.54 Å². The van der Waals surface area contributed by atoms with Crippen LogP contribution in [-0.4, -0.2) is 29.9 Å². The number of amides is 2. The quantitative estimate of drug-likeness (QED) is 0.807. The summed E-state index contributed by atoms with van der Waals surface area (Å²) in [5.74, 6) is 1.60. The molecule has 2 N–H and O–H groups in total. The van der Waals surface area contributed by atoms with Crippen molar-refractivity contribution in [1.82, 2.24) is 15.8 Å². The van der Waals surface area contributed by atoms with Crippen LogP contribution in [-0.2, 0) is 6.42 Å². The van der Waals surface area contributed by atoms with E-state index in [4.69, 9.17) is 9.26 Å². The van der Waals surface area contributed by atoms with Crippen molar-refractivity contribution >= 4 is 6.03 Å². The Hall–Kier alpha value is -2.50. The van der Waals surface area contributed by atoms with Crippen molar-refractivity contribution in [2.45, 2.75) is 53.2 Å². The fourth-order valence-electron chi connectivity index (χ4n) is 2.62. The number of aryl methyl sites for hydroxylation is 3. The molecule has 0 bridgehead atoms. The minimum absolute atomic E-state index is 0.0233. The Bertz CT molecular complexity index is 692. The molecule has 0 unspecified atom stereocenters. The highest BCUT2D eigenvalue weighted by atomic mass is 16.5. The van der Waals surface area contributed by atoms with Crippen LogP contribution in [0.2, 0.25) is 0 Å². The lowest BCUT2D eigenvalue weighted by atomic mass is 10.1. The van der Waals surface area contributed by atoms with Gasteiger partial charge in [-0.2, -0.15) is 0 Å². The highest BCUT2D eigenvalue weighted by Crippen LogP contribution is 2.15. The van der Waals surface area contributed by atoms with Crippen LogP contribution in [0.4, 0.5) is 4.79 Å². The topological polar surface area (TPSA) is 76.4 Å². The molecule has 2 amide bonds. The molecule has 2 aromatic rings. The van der Waals surface area contributed by atoms with Crippen molar-refractivity contribution in [1.29, 1.82) is 0 Å². The smallest absolute Gasteiger partial charge is 0.315 e. The second-order valence-corrected chi connectivity index (χ2v) is 6.51. The SMILES string of the molecule is Cc1cccc(O[C@@H](C)CNC(=O)N[C@@H](C)Cc2c(C)noc2C)c1. The molecule has 0 saturated carbocycles. The average molecular weight is 345 g/mol. The number of carbonyl (C=O) groups is 1. The van der Waals surface area contributed by atoms with Gasteiger partial charge in [0.2, 0.25) is 0 Å². The van der Waals surface area contributed by atoms with Crippen molar-refractivity contribution in [3.8, 4) is 5.75 Å². The Kier molecular flexibility index (Phi) is 6.44. The number of carbonyl (C=O) groups excluding carboxylic acids is 1. The molecule has 6 nitrogen and oxygen atoms in total. The second kappa shape index (κ2) is 8.55. The van der Waals surface area contributed by atoms with Crippen LogP contribution in [0, 0.1) is 20.8 Å². The monoisotopic (exact) mass is 345 g/mol. The zero-order valence-electron chi connectivity index (χ0n) is 15.6. The van der Waals surface area contributed by atoms with E-state index in [0.717, 1.165) is 28.3 Å². The number of urea groups is 1. The normalized spacial score (nSPS) is 13.2. The fraction of sp³-hybridized carbons (Fsp3) is 0.474. The molecule has 0 aliphatic rings. The summed E-state index contributed by atoms with van der Waals surface area (Å²) in [6, 6.07) is 7.62. The zero-order valence-corrected chi connectivity index (χ0v) is 15.6. The maximum atomic E-state index is 12.0. The first-order chi connectivity index (χ1) is 11.8. The molecule has 2 rings (SSSR count). The third kappa shape index (κ3) is 5.81. The number of ether oxygens (including phenoxy) is 1. The van der Waals surface area contributed by atoms with E-state index in [9.17, 15) is 4.79 Å². The number of nitrogens with one attached hydrogen (secondary N) is 2. The van der Waals surface area contributed by atoms with Crippen molar-refractivity contribution in [3.63, 3.8) is 0 Å². The van der Waals surface area contributed by atoms with Gasteiger partial charge in [0.25, 0.3) is 0 Å². The van der Waals surface area contributed by atoms with Gasteiger partial charge in [-0.05, 0) is 58.7 Å². The molecule has 1 heterocycles. The van der Waals surface area contributed by atoms with Crippen LogP contribution in [0.5, 0.6) is 5.75 Å². The van der Waals surface area contributed by atoms with E-state index in [-0.39, 0.29) is 18.2 Å². The second-order valence-electron chi connectivity index (χ2n) is 6.51. The van der Waals surface area contributed by atoms with E-state index in [1.165, 1.54) is 0 Å². The van der Waals surface area contributed by atoms with Gasteiger partial charge in [0.15, 0.2) is 0 Å². The third-order valence-corrected chi connectivity index (χ3v) is 3.95. The summed E-state index contributed by atoms with van der Waals surface area (Å²) >= 11 is 0. The molecule has 136 valence electrons. The van der Waals surface area contributed by atoms with E-state index in [2.05, 4.69) is 15.8 Å². The minimum atomic E-state index is -0.209. The first-order valence-electron chi connectivity index (χ1n) is 8.54. The van der Waals surface area contributed by atoms with E-state index < -0.39 is 0 Å². The van der Waals surface area contributed by atoms with E-state index in [1.54, 1.807) is 0 Å². The molecule has 0 aliphatic carbocycles. The molecule has 25 heavy (non-hydrogen) atoms. The van der Waals surface area contributed by atoms with Crippen molar-refractivity contribution in [2.24, 2.45) is 0 Å². The molecule has 6 heteroatoms. The molecule has 0 spiro atoms. The van der Waals surface area contributed by atoms with Gasteiger partial charge in [0.05, 0.1) is 12.2 Å². The lowest BCUT2D eigenvalue weighted by Gasteiger charge is -2.18. The predicted molar refractivity (Wildman–Crippen MR) is 96.9 cm³/mol. The molecular weight excluding hydrogens is 318 g/mol. The van der Waals surface area contributed by atoms with Crippen LogP contribution < -0.4 is 15.4 Å². The van der Waals surface area contributed by atoms with E-state index in [0.29, 0.717) is 13.0 Å². The average Bonchev–Trinajstić information content (AvgIpc) is 2.85. The first kappa shape index (κ1) is 18.8. The van der Waals surface area contributed by atoms with Gasteiger partial charge in [-0.1, -0.05) is 17.3 Å². The number of hydrogen-bond donors (Lipinski definition) is 2. The number of rotatable bonds is 7. The summed E-state index contributed by atoms with van der Waals surface area (Å²) < 4.78 is 11.0. The largest absolute Gasteiger partial charge is 0.489 e. The predicted octanol–water partition coefficient (Wildman–Crippen LogP) is 3.30. The molecule has 0 saturated heterocycles. The lowest BCUT2D eigenvalue weighted by molar-refractivity contribution is 0.206. The molecule has 0 aliphatic heterocycles. The highest BCUT2D eigenvalue weighted by Gasteiger charge is 2.15. The van der Waals surface area contributed by atoms with Crippen LogP contribution >= 0.6 is 0 Å². The molecule has 1 aromatic carbocycles. The summed E-state index contributed by atoms with van der Waals surface area (Å²) in [6.45, 7) is 10.1. The molecule has 2 atom stereocenters. The third-order valence-electron chi connectivity index (χ3n) is 3.95. The summed E-state index contributed by atoms with van der Waals surface area (Å²) in [5.41, 5.74) is 3.05. The number of benzene rings is 1. The summed E-state index contributed by atoms with van der Waals surface area (Å²) in [7, 11) is 0. The fourth-order valence-corrected chi connectivity index (χ4v) is 2.62. The number of nitrogens with zero attached hydrogens (tertiary/aromatic N) is 1. The summed E-state index contributed by atoms with van der Waals surface area (Å²) in [4.78, 5) is 12.0. The van der Waals surface area contributed by atoms with Crippen LogP contribution in [0.15, 0.2) is 28.8 Å². The standard InChI is InChI=1S/C19H27N3O3/c1-12-7-6-8-17(9-12)24-14(3)11-20-19(23)21-13(2)10-18-15(4)22-25-16(18)5/h6-9,13-14H,10-11H2,1-5H3,(H2,20,21,23)/t13-,14-/m0/s1. The van der Waals surface area contributed by atoms with Crippen molar-refractivity contribution in [3.05, 3.63) is 46.8 Å². The van der Waals surface area contributed by atoms with Gasteiger partial charge in [-0.25, -0.2) is 4.79 Å². The van der Waals surface area contributed by atoms with Gasteiger partial charge in [0.1, 0.15) is 17.6 Å². The zero-order chi connectivity index (χ0) is 18.4. The molecule has 0 radical (unpaired) electrons. The van der Waals surface area contributed by atoms with Crippen LogP contribution in [0.25, 0.3) is 0 Å². The molecular formula is C19H27N3O3. The van der Waals surface area contributed by atoms with Gasteiger partial charge < -0.3 is 19.9 Å². The lowest BCUT2D eigenvalue weighted by Crippen LogP contribution is -2.44. The first-order valence-corrected chi connectivity index (χ1v) is 8.54. The Morgan fingerprint density at radius 3 is 2.68 bits per heavy atom. The van der Waals surface area contributed by atoms with Crippen molar-refractivity contribution < 1.29 is 14.1 Å². The maximum absolute atomic E-state index is 12.0. The van der Waals surface area contributed by atoms with Gasteiger partial charge in [0, 0.05) is 11.6 Å². The Balaban J connectivity index is 1.74. The highest BCUT2D eigenvalue weighted by molar-refractivity contribution is 5.74. The maximum Gasteiger partial charge on any atom is 0.315 e. The summed E-state index contributed by atoms with van der Waals surface area (Å²) in [6.07, 6.45) is 0.564. The number of hydrogen-bond acceptors (Lipinski definition) is 4. The summed E-state index contributed by atoms with van der Waals surface area (Å²) in [5, 5.41) is 9.70. The Morgan fingerprint density at radius 1 is 1.28 bits per heavy atom. The molecule has 1 aromatic heterocycles. The minimum Gasteiger partial charge on any atom is -0.489 e. The Labute approximate surface area is 148 Å². The van der Waals surface area contributed by atoms with Gasteiger partial charge >= 0.3 is 6.03 Å². The van der Waals surface area contributed by atoms with Crippen LogP contribution in [0.3, 0.4) is 0 Å².